The first kappa shape index (κ1) is 11.4. The molecule has 12 heavy (non-hydrogen) atoms. The van der Waals surface area contributed by atoms with Crippen molar-refractivity contribution >= 4 is 9.55 Å². The van der Waals surface area contributed by atoms with Crippen molar-refractivity contribution in [3.05, 3.63) is 35.4 Å². The molecule has 68 valence electrons. The van der Waals surface area contributed by atoms with Gasteiger partial charge in [-0.1, -0.05) is 24.3 Å². The van der Waals surface area contributed by atoms with E-state index < -0.39 is 6.43 Å². The molecule has 0 aliphatic carbocycles. The minimum atomic E-state index is -2.35. The fraction of sp³-hybridized carbons (Fsp3) is 0.250. The molecule has 1 rings (SSSR count). The average Bonchev–Trinajstić information content (AvgIpc) is 2.08. The van der Waals surface area contributed by atoms with Crippen LogP contribution in [0.1, 0.15) is 17.6 Å². The summed E-state index contributed by atoms with van der Waals surface area (Å²) in [6, 6.07) is 6.50. The second kappa shape index (κ2) is 6.01. The van der Waals surface area contributed by atoms with Crippen LogP contribution in [0.4, 0.5) is 13.0 Å². The fourth-order valence-corrected chi connectivity index (χ4v) is 0.832. The van der Waals surface area contributed by atoms with E-state index in [4.69, 9.17) is 0 Å². The van der Waals surface area contributed by atoms with Crippen molar-refractivity contribution in [1.29, 1.82) is 0 Å². The van der Waals surface area contributed by atoms with Crippen molar-refractivity contribution in [2.75, 3.05) is 0 Å². The van der Waals surface area contributed by atoms with Gasteiger partial charge in [0.15, 0.2) is 0 Å². The van der Waals surface area contributed by atoms with Gasteiger partial charge in [0.1, 0.15) is 0 Å². The van der Waals surface area contributed by atoms with Crippen LogP contribution in [-0.4, -0.2) is 0 Å². The second-order valence-electron chi connectivity index (χ2n) is 2.16. The van der Waals surface area contributed by atoms with E-state index in [0.717, 1.165) is 9.55 Å². The number of hydrogen-bond donors (Lipinski definition) is 0. The first-order valence-corrected chi connectivity index (χ1v) is 3.71. The minimum absolute atomic E-state index is 0.127. The normalized spacial score (nSPS) is 9.17. The molecule has 0 heterocycles. The van der Waals surface area contributed by atoms with Crippen LogP contribution in [-0.2, 0) is 0 Å². The first-order valence-electron chi connectivity index (χ1n) is 3.27. The lowest BCUT2D eigenvalue weighted by Crippen LogP contribution is -1.86. The van der Waals surface area contributed by atoms with Gasteiger partial charge in [-0.25, -0.2) is 13.0 Å². The van der Waals surface area contributed by atoms with Crippen LogP contribution < -0.4 is 0 Å². The maximum atomic E-state index is 12.0. The van der Waals surface area contributed by atoms with Crippen LogP contribution in [0.25, 0.3) is 0 Å². The molecule has 1 atom stereocenters. The summed E-state index contributed by atoms with van der Waals surface area (Å²) in [7, 11) is 0.917. The van der Waals surface area contributed by atoms with Crippen molar-refractivity contribution in [2.45, 2.75) is 13.3 Å². The SMILES string of the molecule is Cc1ccccc1C(F)F.FP. The predicted molar refractivity (Wildman–Crippen MR) is 47.0 cm³/mol. The van der Waals surface area contributed by atoms with Crippen LogP contribution in [0.15, 0.2) is 24.3 Å². The number of hydrogen-bond acceptors (Lipinski definition) is 0. The molecule has 0 aliphatic heterocycles. The Balaban J connectivity index is 0.000000561. The second-order valence-corrected chi connectivity index (χ2v) is 2.16. The maximum absolute atomic E-state index is 12.0. The molecule has 1 aromatic carbocycles. The van der Waals surface area contributed by atoms with Gasteiger partial charge in [-0.3, -0.25) is 0 Å². The van der Waals surface area contributed by atoms with Gasteiger partial charge in [0.05, 0.1) is 9.55 Å². The standard InChI is InChI=1S/C8H8F2.FH2P/c1-6-4-2-3-5-7(6)8(9)10;1-2/h2-5,8H,1H3;2H2. The van der Waals surface area contributed by atoms with Crippen LogP contribution >= 0.6 is 9.55 Å². The van der Waals surface area contributed by atoms with Crippen LogP contribution in [0.2, 0.25) is 0 Å². The van der Waals surface area contributed by atoms with E-state index in [1.54, 1.807) is 25.1 Å². The highest BCUT2D eigenvalue weighted by Gasteiger charge is 2.07. The summed E-state index contributed by atoms with van der Waals surface area (Å²) in [6.45, 7) is 1.68. The summed E-state index contributed by atoms with van der Waals surface area (Å²) in [4.78, 5) is 0. The van der Waals surface area contributed by atoms with E-state index in [1.807, 2.05) is 0 Å². The molecular formula is C8H10F3P. The molecule has 0 amide bonds. The van der Waals surface area contributed by atoms with Gasteiger partial charge in [-0.05, 0) is 12.5 Å². The number of aryl methyl sites for hydroxylation is 1. The lowest BCUT2D eigenvalue weighted by atomic mass is 10.1. The van der Waals surface area contributed by atoms with E-state index in [1.165, 1.54) is 6.07 Å². The predicted octanol–water partition coefficient (Wildman–Crippen LogP) is 3.68. The molecule has 0 aliphatic rings. The van der Waals surface area contributed by atoms with Crippen molar-refractivity contribution in [1.82, 2.24) is 0 Å². The quantitative estimate of drug-likeness (QED) is 0.598. The molecule has 0 N–H and O–H groups in total. The first-order chi connectivity index (χ1) is 5.72. The fourth-order valence-electron chi connectivity index (χ4n) is 0.832. The third kappa shape index (κ3) is 3.22. The molecule has 0 saturated heterocycles. The van der Waals surface area contributed by atoms with E-state index in [0.29, 0.717) is 5.56 Å². The van der Waals surface area contributed by atoms with Crippen molar-refractivity contribution in [3.8, 4) is 0 Å². The Morgan fingerprint density at radius 3 is 2.00 bits per heavy atom. The molecule has 0 saturated carbocycles. The highest BCUT2D eigenvalue weighted by atomic mass is 31.1. The Kier molecular flexibility index (Phi) is 5.73. The molecule has 0 bridgehead atoms. The molecular weight excluding hydrogens is 184 g/mol. The van der Waals surface area contributed by atoms with E-state index in [9.17, 15) is 13.0 Å². The largest absolute Gasteiger partial charge is 0.264 e. The van der Waals surface area contributed by atoms with Crippen molar-refractivity contribution in [2.24, 2.45) is 0 Å². The van der Waals surface area contributed by atoms with E-state index in [2.05, 4.69) is 0 Å². The van der Waals surface area contributed by atoms with Gasteiger partial charge < -0.3 is 0 Å². The highest BCUT2D eigenvalue weighted by Crippen LogP contribution is 2.21. The zero-order valence-electron chi connectivity index (χ0n) is 6.60. The number of alkyl halides is 2. The van der Waals surface area contributed by atoms with E-state index in [-0.39, 0.29) is 5.56 Å². The molecule has 1 unspecified atom stereocenters. The van der Waals surface area contributed by atoms with Gasteiger partial charge in [0.25, 0.3) is 6.43 Å². The summed E-state index contributed by atoms with van der Waals surface area (Å²) in [5, 5.41) is 0. The smallest absolute Gasteiger partial charge is 0.234 e. The van der Waals surface area contributed by atoms with Gasteiger partial charge in [-0.2, -0.15) is 0 Å². The molecule has 1 aromatic rings. The summed E-state index contributed by atoms with van der Waals surface area (Å²) in [5.41, 5.74) is 0.778. The Morgan fingerprint density at radius 2 is 1.67 bits per heavy atom. The van der Waals surface area contributed by atoms with Gasteiger partial charge in [0.2, 0.25) is 0 Å². The molecule has 0 fully saturated rings. The Morgan fingerprint density at radius 1 is 1.17 bits per heavy atom. The third-order valence-corrected chi connectivity index (χ3v) is 1.42. The molecule has 0 spiro atoms. The van der Waals surface area contributed by atoms with Crippen molar-refractivity contribution in [3.63, 3.8) is 0 Å². The van der Waals surface area contributed by atoms with Crippen LogP contribution in [0.5, 0.6) is 0 Å². The Bertz CT molecular complexity index is 225. The monoisotopic (exact) mass is 194 g/mol. The highest BCUT2D eigenvalue weighted by molar-refractivity contribution is 7.09. The van der Waals surface area contributed by atoms with E-state index >= 15 is 0 Å². The van der Waals surface area contributed by atoms with Crippen LogP contribution in [0.3, 0.4) is 0 Å². The minimum Gasteiger partial charge on any atom is -0.234 e. The summed E-state index contributed by atoms with van der Waals surface area (Å²) < 4.78 is 33.5. The zero-order valence-corrected chi connectivity index (χ0v) is 7.75. The van der Waals surface area contributed by atoms with Gasteiger partial charge in [-0.15, -0.1) is 0 Å². The van der Waals surface area contributed by atoms with Crippen molar-refractivity contribution < 1.29 is 13.0 Å². The summed E-state index contributed by atoms with van der Waals surface area (Å²) in [6.07, 6.45) is -2.35. The topological polar surface area (TPSA) is 0 Å². The average molecular weight is 194 g/mol. The van der Waals surface area contributed by atoms with Gasteiger partial charge in [0, 0.05) is 5.56 Å². The number of benzene rings is 1. The molecule has 4 heteroatoms. The van der Waals surface area contributed by atoms with Crippen LogP contribution in [0, 0.1) is 6.92 Å². The van der Waals surface area contributed by atoms with Gasteiger partial charge >= 0.3 is 0 Å². The summed E-state index contributed by atoms with van der Waals surface area (Å²) >= 11 is 0. The third-order valence-electron chi connectivity index (χ3n) is 1.42. The molecule has 0 aromatic heterocycles. The Hall–Kier alpha value is -0.560. The zero-order chi connectivity index (χ0) is 9.56. The maximum Gasteiger partial charge on any atom is 0.264 e. The summed E-state index contributed by atoms with van der Waals surface area (Å²) in [5.74, 6) is 0. The Labute approximate surface area is 72.1 Å². The lowest BCUT2D eigenvalue weighted by molar-refractivity contribution is 0.150. The lowest BCUT2D eigenvalue weighted by Gasteiger charge is -2.01. The number of rotatable bonds is 1. The molecule has 0 radical (unpaired) electrons. The number of halogens is 3. The molecule has 0 nitrogen and oxygen atoms in total.